The van der Waals surface area contributed by atoms with Gasteiger partial charge in [-0.2, -0.15) is 0 Å². The number of rotatable bonds is 6. The van der Waals surface area contributed by atoms with Gasteiger partial charge in [-0.3, -0.25) is 0 Å². The smallest absolute Gasteiger partial charge is 0.146 e. The molecule has 6 heteroatoms. The van der Waals surface area contributed by atoms with Crippen LogP contribution in [0.3, 0.4) is 0 Å². The lowest BCUT2D eigenvalue weighted by Crippen LogP contribution is -2.04. The third-order valence-electron chi connectivity index (χ3n) is 3.27. The summed E-state index contributed by atoms with van der Waals surface area (Å²) in [4.78, 5) is 8.45. The molecule has 0 saturated heterocycles. The Kier molecular flexibility index (Phi) is 3.77. The molecule has 110 valence electrons. The van der Waals surface area contributed by atoms with E-state index in [1.54, 1.807) is 20.5 Å². The zero-order chi connectivity index (χ0) is 14.7. The second-order valence-corrected chi connectivity index (χ2v) is 4.90. The molecule has 1 fully saturated rings. The Labute approximate surface area is 123 Å². The molecule has 0 bridgehead atoms. The van der Waals surface area contributed by atoms with Gasteiger partial charge in [-0.15, -0.1) is 0 Å². The summed E-state index contributed by atoms with van der Waals surface area (Å²) >= 11 is 0. The van der Waals surface area contributed by atoms with Crippen LogP contribution in [0.4, 0.5) is 17.3 Å². The third-order valence-corrected chi connectivity index (χ3v) is 3.27. The predicted octanol–water partition coefficient (Wildman–Crippen LogP) is 2.81. The first kappa shape index (κ1) is 13.5. The number of nitrogens with one attached hydrogen (secondary N) is 2. The molecule has 0 atom stereocenters. The lowest BCUT2D eigenvalue weighted by atomic mass is 10.2. The van der Waals surface area contributed by atoms with Crippen molar-refractivity contribution in [3.05, 3.63) is 30.6 Å². The van der Waals surface area contributed by atoms with Gasteiger partial charge < -0.3 is 20.1 Å². The van der Waals surface area contributed by atoms with Crippen LogP contribution in [0.15, 0.2) is 30.6 Å². The monoisotopic (exact) mass is 286 g/mol. The number of nitrogens with zero attached hydrogens (tertiary/aromatic N) is 2. The predicted molar refractivity (Wildman–Crippen MR) is 81.5 cm³/mol. The van der Waals surface area contributed by atoms with Crippen LogP contribution in [0.1, 0.15) is 12.8 Å². The topological polar surface area (TPSA) is 68.3 Å². The summed E-state index contributed by atoms with van der Waals surface area (Å²) in [6.45, 7) is 0. The number of hydrogen-bond acceptors (Lipinski definition) is 6. The number of ether oxygens (including phenoxy) is 2. The largest absolute Gasteiger partial charge is 0.497 e. The molecule has 2 N–H and O–H groups in total. The molecule has 1 aromatic heterocycles. The summed E-state index contributed by atoms with van der Waals surface area (Å²) < 4.78 is 10.6. The van der Waals surface area contributed by atoms with E-state index in [1.165, 1.54) is 12.8 Å². The van der Waals surface area contributed by atoms with E-state index >= 15 is 0 Å². The second-order valence-electron chi connectivity index (χ2n) is 4.90. The quantitative estimate of drug-likeness (QED) is 0.851. The van der Waals surface area contributed by atoms with Gasteiger partial charge in [-0.05, 0) is 25.0 Å². The van der Waals surface area contributed by atoms with E-state index in [2.05, 4.69) is 20.6 Å². The fraction of sp³-hybridized carbons (Fsp3) is 0.333. The van der Waals surface area contributed by atoms with Crippen molar-refractivity contribution in [2.45, 2.75) is 18.9 Å². The van der Waals surface area contributed by atoms with Crippen LogP contribution in [0.5, 0.6) is 11.5 Å². The van der Waals surface area contributed by atoms with Gasteiger partial charge in [0.15, 0.2) is 0 Å². The van der Waals surface area contributed by atoms with E-state index in [4.69, 9.17) is 9.47 Å². The van der Waals surface area contributed by atoms with Gasteiger partial charge in [0.2, 0.25) is 0 Å². The SMILES string of the molecule is COc1ccc(Nc2cc(NC3CC3)ncn2)c(OC)c1. The first-order valence-corrected chi connectivity index (χ1v) is 6.86. The van der Waals surface area contributed by atoms with Gasteiger partial charge in [0.05, 0.1) is 19.9 Å². The molecule has 0 aliphatic heterocycles. The van der Waals surface area contributed by atoms with E-state index in [9.17, 15) is 0 Å². The van der Waals surface area contributed by atoms with Gasteiger partial charge in [0.1, 0.15) is 29.5 Å². The minimum Gasteiger partial charge on any atom is -0.497 e. The van der Waals surface area contributed by atoms with Crippen LogP contribution in [0, 0.1) is 0 Å². The molecule has 0 spiro atoms. The van der Waals surface area contributed by atoms with Crippen LogP contribution in [0.25, 0.3) is 0 Å². The van der Waals surface area contributed by atoms with Crippen molar-refractivity contribution < 1.29 is 9.47 Å². The molecule has 1 aromatic carbocycles. The number of anilines is 3. The molecule has 1 aliphatic rings. The first-order valence-electron chi connectivity index (χ1n) is 6.86. The van der Waals surface area contributed by atoms with Gasteiger partial charge in [0.25, 0.3) is 0 Å². The van der Waals surface area contributed by atoms with Gasteiger partial charge in [-0.1, -0.05) is 0 Å². The van der Waals surface area contributed by atoms with E-state index in [0.717, 1.165) is 23.1 Å². The normalized spacial score (nSPS) is 13.6. The zero-order valence-corrected chi connectivity index (χ0v) is 12.1. The van der Waals surface area contributed by atoms with Gasteiger partial charge in [-0.25, -0.2) is 9.97 Å². The molecule has 0 amide bonds. The van der Waals surface area contributed by atoms with E-state index in [-0.39, 0.29) is 0 Å². The van der Waals surface area contributed by atoms with Crippen molar-refractivity contribution in [3.8, 4) is 11.5 Å². The van der Waals surface area contributed by atoms with E-state index in [1.807, 2.05) is 24.3 Å². The maximum atomic E-state index is 5.36. The van der Waals surface area contributed by atoms with Crippen LogP contribution in [-0.2, 0) is 0 Å². The highest BCUT2D eigenvalue weighted by Crippen LogP contribution is 2.31. The summed E-state index contributed by atoms with van der Waals surface area (Å²) in [5.74, 6) is 3.00. The number of methoxy groups -OCH3 is 2. The Morgan fingerprint density at radius 2 is 1.86 bits per heavy atom. The lowest BCUT2D eigenvalue weighted by Gasteiger charge is -2.12. The van der Waals surface area contributed by atoms with Crippen LogP contribution >= 0.6 is 0 Å². The minimum absolute atomic E-state index is 0.559. The van der Waals surface area contributed by atoms with Crippen molar-refractivity contribution in [3.63, 3.8) is 0 Å². The van der Waals surface area contributed by atoms with Crippen molar-refractivity contribution in [1.82, 2.24) is 9.97 Å². The molecule has 0 radical (unpaired) electrons. The highest BCUT2D eigenvalue weighted by molar-refractivity contribution is 5.66. The van der Waals surface area contributed by atoms with Crippen molar-refractivity contribution in [2.24, 2.45) is 0 Å². The number of aromatic nitrogens is 2. The summed E-state index contributed by atoms with van der Waals surface area (Å²) in [7, 11) is 3.25. The molecule has 2 aromatic rings. The summed E-state index contributed by atoms with van der Waals surface area (Å²) in [6.07, 6.45) is 3.96. The summed E-state index contributed by atoms with van der Waals surface area (Å²) in [5.41, 5.74) is 0.828. The average molecular weight is 286 g/mol. The average Bonchev–Trinajstić information content (AvgIpc) is 3.32. The molecule has 0 unspecified atom stereocenters. The fourth-order valence-electron chi connectivity index (χ4n) is 1.98. The Balaban J connectivity index is 1.79. The Hall–Kier alpha value is -2.50. The summed E-state index contributed by atoms with van der Waals surface area (Å²) in [6, 6.07) is 8.04. The number of hydrogen-bond donors (Lipinski definition) is 2. The van der Waals surface area contributed by atoms with Crippen LogP contribution in [-0.4, -0.2) is 30.2 Å². The highest BCUT2D eigenvalue weighted by atomic mass is 16.5. The third kappa shape index (κ3) is 3.34. The van der Waals surface area contributed by atoms with E-state index in [0.29, 0.717) is 11.8 Å². The van der Waals surface area contributed by atoms with Gasteiger partial charge >= 0.3 is 0 Å². The van der Waals surface area contributed by atoms with Crippen molar-refractivity contribution >= 4 is 17.3 Å². The highest BCUT2D eigenvalue weighted by Gasteiger charge is 2.21. The Morgan fingerprint density at radius 1 is 1.05 bits per heavy atom. The molecule has 1 saturated carbocycles. The molecule has 1 heterocycles. The maximum Gasteiger partial charge on any atom is 0.146 e. The second kappa shape index (κ2) is 5.87. The number of benzene rings is 1. The minimum atomic E-state index is 0.559. The summed E-state index contributed by atoms with van der Waals surface area (Å²) in [5, 5.41) is 6.58. The molecule has 3 rings (SSSR count). The molecule has 21 heavy (non-hydrogen) atoms. The molecule has 6 nitrogen and oxygen atoms in total. The van der Waals surface area contributed by atoms with Crippen LogP contribution < -0.4 is 20.1 Å². The fourth-order valence-corrected chi connectivity index (χ4v) is 1.98. The first-order chi connectivity index (χ1) is 10.3. The molecular weight excluding hydrogens is 268 g/mol. The Bertz CT molecular complexity index is 629. The zero-order valence-electron chi connectivity index (χ0n) is 12.1. The Morgan fingerprint density at radius 3 is 2.57 bits per heavy atom. The van der Waals surface area contributed by atoms with Crippen molar-refractivity contribution in [2.75, 3.05) is 24.9 Å². The standard InChI is InChI=1S/C15H18N4O2/c1-20-11-5-6-12(13(7-11)21-2)19-15-8-14(16-9-17-15)18-10-3-4-10/h5-10H,3-4H2,1-2H3,(H2,16,17,18,19). The van der Waals surface area contributed by atoms with Gasteiger partial charge in [0, 0.05) is 18.2 Å². The molecular formula is C15H18N4O2. The molecule has 1 aliphatic carbocycles. The van der Waals surface area contributed by atoms with E-state index < -0.39 is 0 Å². The van der Waals surface area contributed by atoms with Crippen LogP contribution in [0.2, 0.25) is 0 Å². The van der Waals surface area contributed by atoms with Crippen molar-refractivity contribution in [1.29, 1.82) is 0 Å². The maximum absolute atomic E-state index is 5.36. The lowest BCUT2D eigenvalue weighted by molar-refractivity contribution is 0.395.